The van der Waals surface area contributed by atoms with Gasteiger partial charge in [0.2, 0.25) is 11.8 Å². The number of carbonyl (C=O) groups excluding carboxylic acids is 2. The molecule has 2 amide bonds. The SMILES string of the molecule is NC1CC(=O)N(Cc2ccc(C(=O)O)cc2)C1=O. The van der Waals surface area contributed by atoms with E-state index in [-0.39, 0.29) is 30.3 Å². The zero-order valence-corrected chi connectivity index (χ0v) is 9.50. The normalized spacial score (nSPS) is 19.4. The molecule has 0 saturated carbocycles. The summed E-state index contributed by atoms with van der Waals surface area (Å²) in [4.78, 5) is 34.9. The maximum absolute atomic E-state index is 11.6. The van der Waals surface area contributed by atoms with E-state index < -0.39 is 12.0 Å². The minimum atomic E-state index is -1.02. The molecule has 0 aliphatic carbocycles. The van der Waals surface area contributed by atoms with Gasteiger partial charge < -0.3 is 10.8 Å². The fourth-order valence-corrected chi connectivity index (χ4v) is 1.81. The van der Waals surface area contributed by atoms with Crippen LogP contribution in [0.15, 0.2) is 24.3 Å². The molecule has 1 aliphatic rings. The summed E-state index contributed by atoms with van der Waals surface area (Å²) in [5.74, 6) is -1.70. The minimum absolute atomic E-state index is 0.0338. The molecular formula is C12H12N2O4. The average Bonchev–Trinajstić information content (AvgIpc) is 2.57. The molecule has 1 saturated heterocycles. The first-order valence-electron chi connectivity index (χ1n) is 5.41. The number of likely N-dealkylation sites (tertiary alicyclic amines) is 1. The summed E-state index contributed by atoms with van der Waals surface area (Å²) in [6, 6.07) is 5.27. The first-order valence-corrected chi connectivity index (χ1v) is 5.41. The summed E-state index contributed by atoms with van der Waals surface area (Å²) in [6.45, 7) is 0.130. The molecule has 0 radical (unpaired) electrons. The Morgan fingerprint density at radius 1 is 1.33 bits per heavy atom. The molecule has 1 heterocycles. The Bertz CT molecular complexity index is 509. The molecule has 1 fully saturated rings. The summed E-state index contributed by atoms with van der Waals surface area (Å²) in [7, 11) is 0. The van der Waals surface area contributed by atoms with Gasteiger partial charge >= 0.3 is 5.97 Å². The van der Waals surface area contributed by atoms with Crippen LogP contribution in [0.3, 0.4) is 0 Å². The fraction of sp³-hybridized carbons (Fsp3) is 0.250. The van der Waals surface area contributed by atoms with Gasteiger partial charge in [-0.3, -0.25) is 14.5 Å². The van der Waals surface area contributed by atoms with Gasteiger partial charge in [0, 0.05) is 0 Å². The molecule has 6 nitrogen and oxygen atoms in total. The molecule has 94 valence electrons. The van der Waals surface area contributed by atoms with Crippen molar-refractivity contribution in [1.29, 1.82) is 0 Å². The number of nitrogens with two attached hydrogens (primary N) is 1. The van der Waals surface area contributed by atoms with E-state index in [0.717, 1.165) is 4.90 Å². The number of hydrogen-bond donors (Lipinski definition) is 2. The molecule has 0 aromatic heterocycles. The topological polar surface area (TPSA) is 101 Å². The molecule has 2 rings (SSSR count). The Morgan fingerprint density at radius 2 is 1.94 bits per heavy atom. The van der Waals surface area contributed by atoms with Crippen molar-refractivity contribution in [2.24, 2.45) is 5.73 Å². The second-order valence-corrected chi connectivity index (χ2v) is 4.13. The molecule has 1 unspecified atom stereocenters. The molecule has 1 atom stereocenters. The van der Waals surface area contributed by atoms with E-state index in [1.54, 1.807) is 12.1 Å². The van der Waals surface area contributed by atoms with Gasteiger partial charge in [-0.1, -0.05) is 12.1 Å². The zero-order valence-electron chi connectivity index (χ0n) is 9.50. The summed E-state index contributed by atoms with van der Waals surface area (Å²) in [5.41, 5.74) is 6.34. The number of carboxylic acid groups (broad SMARTS) is 1. The summed E-state index contributed by atoms with van der Waals surface area (Å²) in [6.07, 6.45) is 0.0338. The smallest absolute Gasteiger partial charge is 0.335 e. The van der Waals surface area contributed by atoms with Crippen molar-refractivity contribution >= 4 is 17.8 Å². The van der Waals surface area contributed by atoms with Crippen LogP contribution in [-0.4, -0.2) is 33.8 Å². The van der Waals surface area contributed by atoms with Crippen LogP contribution in [0.25, 0.3) is 0 Å². The van der Waals surface area contributed by atoms with Crippen molar-refractivity contribution < 1.29 is 19.5 Å². The zero-order chi connectivity index (χ0) is 13.3. The fourth-order valence-electron chi connectivity index (χ4n) is 1.81. The lowest BCUT2D eigenvalue weighted by atomic mass is 10.1. The molecule has 6 heteroatoms. The number of aromatic carboxylic acids is 1. The van der Waals surface area contributed by atoms with Crippen molar-refractivity contribution in [2.45, 2.75) is 19.0 Å². The molecule has 1 aromatic carbocycles. The van der Waals surface area contributed by atoms with Crippen molar-refractivity contribution in [2.75, 3.05) is 0 Å². The first-order chi connectivity index (χ1) is 8.49. The Morgan fingerprint density at radius 3 is 2.39 bits per heavy atom. The van der Waals surface area contributed by atoms with E-state index in [2.05, 4.69) is 0 Å². The van der Waals surface area contributed by atoms with Gasteiger partial charge in [0.25, 0.3) is 0 Å². The van der Waals surface area contributed by atoms with E-state index in [9.17, 15) is 14.4 Å². The third-order valence-corrected chi connectivity index (χ3v) is 2.82. The Balaban J connectivity index is 2.12. The molecular weight excluding hydrogens is 236 g/mol. The maximum atomic E-state index is 11.6. The third-order valence-electron chi connectivity index (χ3n) is 2.82. The van der Waals surface area contributed by atoms with Crippen LogP contribution in [0.4, 0.5) is 0 Å². The quantitative estimate of drug-likeness (QED) is 0.731. The Kier molecular flexibility index (Phi) is 3.12. The molecule has 1 aromatic rings. The second kappa shape index (κ2) is 4.58. The predicted octanol–water partition coefficient (Wildman–Crippen LogP) is -0.0290. The van der Waals surface area contributed by atoms with Gasteiger partial charge in [-0.2, -0.15) is 0 Å². The van der Waals surface area contributed by atoms with Crippen molar-refractivity contribution in [1.82, 2.24) is 4.90 Å². The van der Waals surface area contributed by atoms with Gasteiger partial charge in [-0.15, -0.1) is 0 Å². The van der Waals surface area contributed by atoms with E-state index in [4.69, 9.17) is 10.8 Å². The highest BCUT2D eigenvalue weighted by molar-refractivity contribution is 6.05. The van der Waals surface area contributed by atoms with Crippen molar-refractivity contribution in [3.63, 3.8) is 0 Å². The van der Waals surface area contributed by atoms with E-state index >= 15 is 0 Å². The van der Waals surface area contributed by atoms with Crippen LogP contribution < -0.4 is 5.73 Å². The van der Waals surface area contributed by atoms with Crippen molar-refractivity contribution in [3.8, 4) is 0 Å². The standard InChI is InChI=1S/C12H12N2O4/c13-9-5-10(15)14(11(9)16)6-7-1-3-8(4-2-7)12(17)18/h1-4,9H,5-6,13H2,(H,17,18). The monoisotopic (exact) mass is 248 g/mol. The van der Waals surface area contributed by atoms with Crippen LogP contribution in [0.2, 0.25) is 0 Å². The molecule has 18 heavy (non-hydrogen) atoms. The van der Waals surface area contributed by atoms with Crippen LogP contribution in [0.5, 0.6) is 0 Å². The number of nitrogens with zero attached hydrogens (tertiary/aromatic N) is 1. The van der Waals surface area contributed by atoms with E-state index in [1.807, 2.05) is 0 Å². The van der Waals surface area contributed by atoms with Crippen LogP contribution in [0.1, 0.15) is 22.3 Å². The second-order valence-electron chi connectivity index (χ2n) is 4.13. The summed E-state index contributed by atoms with van der Waals surface area (Å²) >= 11 is 0. The highest BCUT2D eigenvalue weighted by Crippen LogP contribution is 2.15. The van der Waals surface area contributed by atoms with Crippen LogP contribution in [0, 0.1) is 0 Å². The molecule has 0 bridgehead atoms. The van der Waals surface area contributed by atoms with Gasteiger partial charge in [0.15, 0.2) is 0 Å². The predicted molar refractivity (Wildman–Crippen MR) is 61.6 cm³/mol. The van der Waals surface area contributed by atoms with Crippen LogP contribution in [-0.2, 0) is 16.1 Å². The minimum Gasteiger partial charge on any atom is -0.478 e. The maximum Gasteiger partial charge on any atom is 0.335 e. The van der Waals surface area contributed by atoms with Crippen molar-refractivity contribution in [3.05, 3.63) is 35.4 Å². The Labute approximate surface area is 103 Å². The Hall–Kier alpha value is -2.21. The molecule has 0 spiro atoms. The molecule has 3 N–H and O–H groups in total. The first kappa shape index (κ1) is 12.3. The van der Waals surface area contributed by atoms with E-state index in [0.29, 0.717) is 5.56 Å². The third kappa shape index (κ3) is 2.23. The number of imide groups is 1. The number of carbonyl (C=O) groups is 3. The van der Waals surface area contributed by atoms with Crippen LogP contribution >= 0.6 is 0 Å². The lowest BCUT2D eigenvalue weighted by Crippen LogP contribution is -2.34. The summed E-state index contributed by atoms with van der Waals surface area (Å²) in [5, 5.41) is 8.74. The number of carboxylic acids is 1. The average molecular weight is 248 g/mol. The van der Waals surface area contributed by atoms with Gasteiger partial charge in [0.1, 0.15) is 0 Å². The lowest BCUT2D eigenvalue weighted by molar-refractivity contribution is -0.139. The highest BCUT2D eigenvalue weighted by Gasteiger charge is 2.35. The number of rotatable bonds is 3. The largest absolute Gasteiger partial charge is 0.478 e. The highest BCUT2D eigenvalue weighted by atomic mass is 16.4. The lowest BCUT2D eigenvalue weighted by Gasteiger charge is -2.14. The van der Waals surface area contributed by atoms with E-state index in [1.165, 1.54) is 12.1 Å². The van der Waals surface area contributed by atoms with Gasteiger partial charge in [0.05, 0.1) is 24.6 Å². The van der Waals surface area contributed by atoms with Gasteiger partial charge in [-0.25, -0.2) is 4.79 Å². The number of benzene rings is 1. The molecule has 1 aliphatic heterocycles. The number of amides is 2. The summed E-state index contributed by atoms with van der Waals surface area (Å²) < 4.78 is 0. The van der Waals surface area contributed by atoms with Gasteiger partial charge in [-0.05, 0) is 17.7 Å². The number of hydrogen-bond acceptors (Lipinski definition) is 4.